The van der Waals surface area contributed by atoms with Crippen molar-refractivity contribution in [2.24, 2.45) is 5.73 Å². The van der Waals surface area contributed by atoms with Crippen molar-refractivity contribution in [3.63, 3.8) is 0 Å². The Labute approximate surface area is 128 Å². The maximum absolute atomic E-state index is 6.19. The minimum Gasteiger partial charge on any atom is -0.342 e. The third kappa shape index (κ3) is 3.85. The van der Waals surface area contributed by atoms with Crippen LogP contribution >= 0.6 is 0 Å². The Bertz CT molecular complexity index is 563. The third-order valence-electron chi connectivity index (χ3n) is 3.92. The zero-order valence-corrected chi connectivity index (χ0v) is 13.3. The van der Waals surface area contributed by atoms with Gasteiger partial charge in [-0.2, -0.15) is 0 Å². The van der Waals surface area contributed by atoms with Crippen molar-refractivity contribution in [2.75, 3.05) is 11.4 Å². The molecule has 0 radical (unpaired) electrons. The van der Waals surface area contributed by atoms with Crippen LogP contribution in [0.5, 0.6) is 0 Å². The van der Waals surface area contributed by atoms with Gasteiger partial charge < -0.3 is 10.6 Å². The summed E-state index contributed by atoms with van der Waals surface area (Å²) in [5.41, 5.74) is 11.3. The third-order valence-corrected chi connectivity index (χ3v) is 3.92. The Hall–Kier alpha value is -1.80. The highest BCUT2D eigenvalue weighted by Gasteiger charge is 2.13. The topological polar surface area (TPSA) is 29.3 Å². The van der Waals surface area contributed by atoms with Gasteiger partial charge in [0.25, 0.3) is 0 Å². The maximum Gasteiger partial charge on any atom is 0.0443 e. The first-order chi connectivity index (χ1) is 10.2. The number of hydrogen-bond acceptors (Lipinski definition) is 2. The lowest BCUT2D eigenvalue weighted by molar-refractivity contribution is 0.646. The molecule has 0 amide bonds. The lowest BCUT2D eigenvalue weighted by Gasteiger charge is -2.27. The van der Waals surface area contributed by atoms with Crippen LogP contribution in [0.15, 0.2) is 48.5 Å². The van der Waals surface area contributed by atoms with Crippen molar-refractivity contribution >= 4 is 11.4 Å². The van der Waals surface area contributed by atoms with Crippen molar-refractivity contribution in [1.82, 2.24) is 0 Å². The fourth-order valence-corrected chi connectivity index (χ4v) is 2.67. The normalized spacial score (nSPS) is 12.2. The number of hydrogen-bond donors (Lipinski definition) is 1. The molecule has 2 rings (SSSR count). The van der Waals surface area contributed by atoms with Crippen molar-refractivity contribution in [3.05, 3.63) is 59.7 Å². The lowest BCUT2D eigenvalue weighted by atomic mass is 9.99. The molecule has 112 valence electrons. The second-order valence-electron chi connectivity index (χ2n) is 5.58. The molecule has 21 heavy (non-hydrogen) atoms. The summed E-state index contributed by atoms with van der Waals surface area (Å²) in [5, 5.41) is 0. The van der Waals surface area contributed by atoms with E-state index in [9.17, 15) is 0 Å². The molecule has 0 aliphatic rings. The highest BCUT2D eigenvalue weighted by atomic mass is 15.1. The van der Waals surface area contributed by atoms with Gasteiger partial charge in [-0.25, -0.2) is 0 Å². The Balaban J connectivity index is 2.41. The number of benzene rings is 2. The van der Waals surface area contributed by atoms with Crippen LogP contribution in [0.3, 0.4) is 0 Å². The first kappa shape index (κ1) is 15.6. The van der Waals surface area contributed by atoms with Crippen LogP contribution < -0.4 is 10.6 Å². The molecule has 0 bridgehead atoms. The van der Waals surface area contributed by atoms with Crippen LogP contribution in [0.1, 0.15) is 31.4 Å². The van der Waals surface area contributed by atoms with Crippen LogP contribution in [0.4, 0.5) is 11.4 Å². The van der Waals surface area contributed by atoms with E-state index in [1.54, 1.807) is 0 Å². The van der Waals surface area contributed by atoms with Gasteiger partial charge in [0.1, 0.15) is 0 Å². The molecule has 0 saturated heterocycles. The van der Waals surface area contributed by atoms with Crippen molar-refractivity contribution in [1.29, 1.82) is 0 Å². The van der Waals surface area contributed by atoms with E-state index in [1.165, 1.54) is 22.5 Å². The average molecular weight is 282 g/mol. The van der Waals surface area contributed by atoms with E-state index in [0.717, 1.165) is 19.4 Å². The van der Waals surface area contributed by atoms with Gasteiger partial charge in [-0.1, -0.05) is 42.8 Å². The molecule has 2 aromatic carbocycles. The first-order valence-corrected chi connectivity index (χ1v) is 7.83. The van der Waals surface area contributed by atoms with Gasteiger partial charge in [-0.05, 0) is 50.5 Å². The molecule has 0 saturated carbocycles. The highest BCUT2D eigenvalue weighted by Crippen LogP contribution is 2.30. The SMILES string of the molecule is CCC(N)Cc1cc(C)ccc1N(CC)c1ccccc1. The molecule has 2 heteroatoms. The van der Waals surface area contributed by atoms with E-state index in [4.69, 9.17) is 5.73 Å². The summed E-state index contributed by atoms with van der Waals surface area (Å²) in [4.78, 5) is 2.36. The summed E-state index contributed by atoms with van der Waals surface area (Å²) in [7, 11) is 0. The van der Waals surface area contributed by atoms with Crippen molar-refractivity contribution < 1.29 is 0 Å². The van der Waals surface area contributed by atoms with Crippen molar-refractivity contribution in [3.8, 4) is 0 Å². The summed E-state index contributed by atoms with van der Waals surface area (Å²) in [6.07, 6.45) is 1.93. The minimum atomic E-state index is 0.222. The van der Waals surface area contributed by atoms with E-state index in [2.05, 4.69) is 74.2 Å². The summed E-state index contributed by atoms with van der Waals surface area (Å²) in [6, 6.07) is 17.5. The molecular formula is C19H26N2. The van der Waals surface area contributed by atoms with Gasteiger partial charge >= 0.3 is 0 Å². The molecule has 2 aromatic rings. The predicted molar refractivity (Wildman–Crippen MR) is 92.3 cm³/mol. The zero-order chi connectivity index (χ0) is 15.2. The second-order valence-corrected chi connectivity index (χ2v) is 5.58. The van der Waals surface area contributed by atoms with Gasteiger partial charge in [-0.15, -0.1) is 0 Å². The van der Waals surface area contributed by atoms with Gasteiger partial charge in [0.05, 0.1) is 0 Å². The van der Waals surface area contributed by atoms with Crippen molar-refractivity contribution in [2.45, 2.75) is 39.7 Å². The number of para-hydroxylation sites is 1. The van der Waals surface area contributed by atoms with Crippen LogP contribution in [0, 0.1) is 6.92 Å². The zero-order valence-electron chi connectivity index (χ0n) is 13.3. The molecule has 0 aromatic heterocycles. The number of anilines is 2. The Kier molecular flexibility index (Phi) is 5.40. The summed E-state index contributed by atoms with van der Waals surface area (Å²) in [6.45, 7) is 7.43. The number of aryl methyl sites for hydroxylation is 1. The van der Waals surface area contributed by atoms with Crippen LogP contribution in [-0.2, 0) is 6.42 Å². The molecule has 0 heterocycles. The fraction of sp³-hybridized carbons (Fsp3) is 0.368. The summed E-state index contributed by atoms with van der Waals surface area (Å²) < 4.78 is 0. The second kappa shape index (κ2) is 7.28. The maximum atomic E-state index is 6.19. The Morgan fingerprint density at radius 3 is 2.38 bits per heavy atom. The van der Waals surface area contributed by atoms with Gasteiger partial charge in [0.15, 0.2) is 0 Å². The molecule has 1 atom stereocenters. The Morgan fingerprint density at radius 1 is 1.05 bits per heavy atom. The number of rotatable bonds is 6. The van der Waals surface area contributed by atoms with Gasteiger partial charge in [0, 0.05) is 24.0 Å². The largest absolute Gasteiger partial charge is 0.342 e. The van der Waals surface area contributed by atoms with E-state index < -0.39 is 0 Å². The fourth-order valence-electron chi connectivity index (χ4n) is 2.67. The molecular weight excluding hydrogens is 256 g/mol. The van der Waals surface area contributed by atoms with Gasteiger partial charge in [0.2, 0.25) is 0 Å². The van der Waals surface area contributed by atoms with Crippen LogP contribution in [-0.4, -0.2) is 12.6 Å². The molecule has 0 fully saturated rings. The van der Waals surface area contributed by atoms with E-state index >= 15 is 0 Å². The quantitative estimate of drug-likeness (QED) is 0.849. The molecule has 0 aliphatic heterocycles. The minimum absolute atomic E-state index is 0.222. The molecule has 2 nitrogen and oxygen atoms in total. The number of nitrogens with two attached hydrogens (primary N) is 1. The smallest absolute Gasteiger partial charge is 0.0443 e. The predicted octanol–water partition coefficient (Wildman–Crippen LogP) is 4.43. The summed E-state index contributed by atoms with van der Waals surface area (Å²) >= 11 is 0. The average Bonchev–Trinajstić information content (AvgIpc) is 2.51. The van der Waals surface area contributed by atoms with Crippen LogP contribution in [0.2, 0.25) is 0 Å². The van der Waals surface area contributed by atoms with E-state index in [1.807, 2.05) is 0 Å². The highest BCUT2D eigenvalue weighted by molar-refractivity contribution is 5.67. The monoisotopic (exact) mass is 282 g/mol. The van der Waals surface area contributed by atoms with E-state index in [0.29, 0.717) is 0 Å². The molecule has 0 spiro atoms. The molecule has 0 aliphatic carbocycles. The van der Waals surface area contributed by atoms with Crippen LogP contribution in [0.25, 0.3) is 0 Å². The summed E-state index contributed by atoms with van der Waals surface area (Å²) in [5.74, 6) is 0. The van der Waals surface area contributed by atoms with E-state index in [-0.39, 0.29) is 6.04 Å². The first-order valence-electron chi connectivity index (χ1n) is 7.83. The molecule has 2 N–H and O–H groups in total. The number of nitrogens with zero attached hydrogens (tertiary/aromatic N) is 1. The lowest BCUT2D eigenvalue weighted by Crippen LogP contribution is -2.24. The Morgan fingerprint density at radius 2 is 1.76 bits per heavy atom. The standard InChI is InChI=1S/C19H26N2/c1-4-17(20)14-16-13-15(3)11-12-19(16)21(5-2)18-9-7-6-8-10-18/h6-13,17H,4-5,14,20H2,1-3H3. The molecule has 1 unspecified atom stereocenters. The van der Waals surface area contributed by atoms with Gasteiger partial charge in [-0.3, -0.25) is 0 Å².